The lowest BCUT2D eigenvalue weighted by atomic mass is 10.1. The number of aliphatic hydroxyl groups excluding tert-OH is 1. The van der Waals surface area contributed by atoms with Gasteiger partial charge in [-0.1, -0.05) is 0 Å². The van der Waals surface area contributed by atoms with Crippen LogP contribution in [0.25, 0.3) is 11.1 Å². The van der Waals surface area contributed by atoms with Gasteiger partial charge in [-0.05, 0) is 31.0 Å². The number of aliphatic hydroxyl groups is 1. The highest BCUT2D eigenvalue weighted by atomic mass is 16.4. The monoisotopic (exact) mass is 262 g/mol. The van der Waals surface area contributed by atoms with Crippen LogP contribution < -0.4 is 10.7 Å². The maximum Gasteiger partial charge on any atom is 0.417 e. The van der Waals surface area contributed by atoms with Crippen LogP contribution in [-0.2, 0) is 4.79 Å². The molecule has 1 fully saturated rings. The Balaban J connectivity index is 1.95. The molecular formula is C13H14N2O4. The number of nitrogens with zero attached hydrogens (tertiary/aromatic N) is 1. The van der Waals surface area contributed by atoms with Gasteiger partial charge in [-0.2, -0.15) is 0 Å². The van der Waals surface area contributed by atoms with Gasteiger partial charge in [-0.15, -0.1) is 0 Å². The Labute approximate surface area is 108 Å². The van der Waals surface area contributed by atoms with E-state index in [9.17, 15) is 14.7 Å². The number of hydrogen-bond donors (Lipinski definition) is 2. The normalized spacial score (nSPS) is 16.5. The highest BCUT2D eigenvalue weighted by Crippen LogP contribution is 2.47. The third-order valence-electron chi connectivity index (χ3n) is 3.70. The highest BCUT2D eigenvalue weighted by molar-refractivity contribution is 6.00. The van der Waals surface area contributed by atoms with E-state index in [-0.39, 0.29) is 12.5 Å². The first-order valence-corrected chi connectivity index (χ1v) is 6.08. The lowest BCUT2D eigenvalue weighted by Crippen LogP contribution is -2.36. The average molecular weight is 262 g/mol. The number of hydrogen-bond acceptors (Lipinski definition) is 4. The predicted octanol–water partition coefficient (Wildman–Crippen LogP) is 0.856. The van der Waals surface area contributed by atoms with Gasteiger partial charge in [0.25, 0.3) is 0 Å². The molecule has 1 heterocycles. The minimum atomic E-state index is -0.604. The van der Waals surface area contributed by atoms with Gasteiger partial charge in [-0.3, -0.25) is 9.78 Å². The minimum Gasteiger partial charge on any atom is -0.408 e. The van der Waals surface area contributed by atoms with Gasteiger partial charge in [-0.25, -0.2) is 4.79 Å². The zero-order valence-corrected chi connectivity index (χ0v) is 10.5. The lowest BCUT2D eigenvalue weighted by molar-refractivity contribution is -0.124. The van der Waals surface area contributed by atoms with E-state index < -0.39 is 11.2 Å². The zero-order chi connectivity index (χ0) is 13.6. The van der Waals surface area contributed by atoms with Gasteiger partial charge < -0.3 is 14.4 Å². The Morgan fingerprint density at radius 2 is 2.26 bits per heavy atom. The molecule has 0 aliphatic heterocycles. The molecule has 3 rings (SSSR count). The molecule has 1 aromatic heterocycles. The van der Waals surface area contributed by atoms with Crippen LogP contribution in [0.1, 0.15) is 12.8 Å². The molecule has 1 saturated carbocycles. The fraction of sp³-hybridized carbons (Fsp3) is 0.385. The molecule has 1 aliphatic carbocycles. The van der Waals surface area contributed by atoms with Crippen LogP contribution in [0.4, 0.5) is 5.69 Å². The molecule has 0 unspecified atom stereocenters. The van der Waals surface area contributed by atoms with E-state index in [0.29, 0.717) is 16.8 Å². The highest BCUT2D eigenvalue weighted by Gasteiger charge is 2.50. The summed E-state index contributed by atoms with van der Waals surface area (Å²) >= 11 is 0. The first kappa shape index (κ1) is 12.0. The molecule has 19 heavy (non-hydrogen) atoms. The number of rotatable bonds is 3. The van der Waals surface area contributed by atoms with Gasteiger partial charge in [0, 0.05) is 12.7 Å². The molecule has 6 nitrogen and oxygen atoms in total. The molecule has 2 N–H and O–H groups in total. The molecule has 0 bridgehead atoms. The van der Waals surface area contributed by atoms with Crippen molar-refractivity contribution < 1.29 is 14.3 Å². The van der Waals surface area contributed by atoms with Crippen LogP contribution in [0, 0.1) is 5.41 Å². The van der Waals surface area contributed by atoms with Crippen molar-refractivity contribution in [2.75, 3.05) is 18.6 Å². The second-order valence-electron chi connectivity index (χ2n) is 5.00. The van der Waals surface area contributed by atoms with E-state index in [4.69, 9.17) is 4.42 Å². The van der Waals surface area contributed by atoms with Gasteiger partial charge in [0.2, 0.25) is 5.91 Å². The molecule has 0 atom stereocenters. The standard InChI is InChI=1S/C13H14N2O4/c1-15(11(17)13(7-16)4-5-13)8-2-3-10-9(6-8)14-12(18)19-10/h2-3,6,16H,4-5,7H2,1H3,(H,14,18). The summed E-state index contributed by atoms with van der Waals surface area (Å²) in [6.07, 6.45) is 1.44. The first-order valence-electron chi connectivity index (χ1n) is 6.08. The van der Waals surface area contributed by atoms with Crippen molar-refractivity contribution in [2.45, 2.75) is 12.8 Å². The second kappa shape index (κ2) is 3.96. The molecule has 6 heteroatoms. The predicted molar refractivity (Wildman–Crippen MR) is 69.0 cm³/mol. The van der Waals surface area contributed by atoms with Crippen LogP contribution in [0.15, 0.2) is 27.4 Å². The Bertz CT molecular complexity index is 696. The number of H-pyrrole nitrogens is 1. The third-order valence-corrected chi connectivity index (χ3v) is 3.70. The Morgan fingerprint density at radius 3 is 2.89 bits per heavy atom. The fourth-order valence-electron chi connectivity index (χ4n) is 2.21. The number of benzene rings is 1. The third kappa shape index (κ3) is 1.84. The zero-order valence-electron chi connectivity index (χ0n) is 10.5. The fourth-order valence-corrected chi connectivity index (χ4v) is 2.21. The molecule has 0 radical (unpaired) electrons. The van der Waals surface area contributed by atoms with Crippen molar-refractivity contribution in [1.82, 2.24) is 4.98 Å². The van der Waals surface area contributed by atoms with E-state index in [1.807, 2.05) is 0 Å². The van der Waals surface area contributed by atoms with Crippen LogP contribution in [0.3, 0.4) is 0 Å². The van der Waals surface area contributed by atoms with Crippen LogP contribution in [-0.4, -0.2) is 29.7 Å². The van der Waals surface area contributed by atoms with E-state index in [1.165, 1.54) is 4.90 Å². The summed E-state index contributed by atoms with van der Waals surface area (Å²) in [5.74, 6) is -0.615. The van der Waals surface area contributed by atoms with Crippen LogP contribution in [0.5, 0.6) is 0 Å². The van der Waals surface area contributed by atoms with Gasteiger partial charge in [0.15, 0.2) is 5.58 Å². The number of fused-ring (bicyclic) bond motifs is 1. The van der Waals surface area contributed by atoms with Crippen LogP contribution in [0.2, 0.25) is 0 Å². The number of aromatic nitrogens is 1. The molecule has 100 valence electrons. The number of anilines is 1. The van der Waals surface area contributed by atoms with E-state index in [1.54, 1.807) is 25.2 Å². The van der Waals surface area contributed by atoms with Gasteiger partial charge in [0.05, 0.1) is 17.5 Å². The molecule has 2 aromatic rings. The Morgan fingerprint density at radius 1 is 1.53 bits per heavy atom. The number of carbonyl (C=O) groups excluding carboxylic acids is 1. The van der Waals surface area contributed by atoms with Crippen molar-refractivity contribution in [2.24, 2.45) is 5.41 Å². The number of amides is 1. The summed E-state index contributed by atoms with van der Waals surface area (Å²) in [4.78, 5) is 27.4. The molecule has 0 saturated heterocycles. The number of aromatic amines is 1. The SMILES string of the molecule is CN(C(=O)C1(CO)CC1)c1ccc2oc(=O)[nH]c2c1. The van der Waals surface area contributed by atoms with Crippen molar-refractivity contribution in [3.63, 3.8) is 0 Å². The minimum absolute atomic E-state index is 0.0970. The summed E-state index contributed by atoms with van der Waals surface area (Å²) < 4.78 is 4.91. The topological polar surface area (TPSA) is 86.5 Å². The van der Waals surface area contributed by atoms with Crippen molar-refractivity contribution >= 4 is 22.7 Å². The summed E-state index contributed by atoms with van der Waals surface area (Å²) in [7, 11) is 1.66. The van der Waals surface area contributed by atoms with Crippen molar-refractivity contribution in [1.29, 1.82) is 0 Å². The summed E-state index contributed by atoms with van der Waals surface area (Å²) in [5.41, 5.74) is 1.07. The molecule has 0 spiro atoms. The van der Waals surface area contributed by atoms with E-state index in [0.717, 1.165) is 12.8 Å². The van der Waals surface area contributed by atoms with E-state index in [2.05, 4.69) is 4.98 Å². The quantitative estimate of drug-likeness (QED) is 0.858. The summed E-state index contributed by atoms with van der Waals surface area (Å²) in [5, 5.41) is 9.29. The average Bonchev–Trinajstić information content (AvgIpc) is 3.12. The summed E-state index contributed by atoms with van der Waals surface area (Å²) in [6, 6.07) is 5.04. The molecule has 1 aromatic carbocycles. The van der Waals surface area contributed by atoms with Crippen molar-refractivity contribution in [3.05, 3.63) is 28.7 Å². The lowest BCUT2D eigenvalue weighted by Gasteiger charge is -2.22. The van der Waals surface area contributed by atoms with E-state index >= 15 is 0 Å². The number of oxazole rings is 1. The number of nitrogens with one attached hydrogen (secondary N) is 1. The Kier molecular flexibility index (Phi) is 2.50. The maximum atomic E-state index is 12.3. The second-order valence-corrected chi connectivity index (χ2v) is 5.00. The molecule has 1 aliphatic rings. The van der Waals surface area contributed by atoms with Crippen LogP contribution >= 0.6 is 0 Å². The summed E-state index contributed by atoms with van der Waals surface area (Å²) in [6.45, 7) is -0.124. The molecule has 1 amide bonds. The van der Waals surface area contributed by atoms with Crippen molar-refractivity contribution in [3.8, 4) is 0 Å². The maximum absolute atomic E-state index is 12.3. The van der Waals surface area contributed by atoms with Gasteiger partial charge in [0.1, 0.15) is 0 Å². The Hall–Kier alpha value is -2.08. The molecular weight excluding hydrogens is 248 g/mol. The largest absolute Gasteiger partial charge is 0.417 e. The smallest absolute Gasteiger partial charge is 0.408 e. The van der Waals surface area contributed by atoms with Gasteiger partial charge >= 0.3 is 5.76 Å². The first-order chi connectivity index (χ1) is 9.05. The number of carbonyl (C=O) groups is 1.